The monoisotopic (exact) mass is 331 g/mol. The first-order valence-electron chi connectivity index (χ1n) is 7.78. The van der Waals surface area contributed by atoms with Crippen LogP contribution in [0.25, 0.3) is 0 Å². The molecule has 0 unspecified atom stereocenters. The number of carbonyl (C=O) groups is 4. The number of anilines is 1. The molecule has 0 aromatic heterocycles. The Morgan fingerprint density at radius 1 is 1.04 bits per heavy atom. The number of nitrogens with zero attached hydrogens (tertiary/aromatic N) is 3. The van der Waals surface area contributed by atoms with Crippen molar-refractivity contribution in [2.45, 2.75) is 13.8 Å². The Morgan fingerprint density at radius 3 is 2.08 bits per heavy atom. The number of ketones is 1. The predicted molar refractivity (Wildman–Crippen MR) is 88.7 cm³/mol. The van der Waals surface area contributed by atoms with Gasteiger partial charge in [0.15, 0.2) is 5.78 Å². The highest BCUT2D eigenvalue weighted by Gasteiger charge is 2.23. The number of hydrogen-bond donors (Lipinski definition) is 0. The number of rotatable bonds is 5. The summed E-state index contributed by atoms with van der Waals surface area (Å²) in [6, 6.07) is 6.60. The van der Waals surface area contributed by atoms with Crippen molar-refractivity contribution in [3.8, 4) is 0 Å². The van der Waals surface area contributed by atoms with E-state index in [1.54, 1.807) is 34.1 Å². The second-order valence-electron chi connectivity index (χ2n) is 5.73. The lowest BCUT2D eigenvalue weighted by Crippen LogP contribution is -2.51. The molecule has 0 saturated carbocycles. The average molecular weight is 331 g/mol. The number of Topliss-reactive ketones (excluding diaryl/α,β-unsaturated/α-hetero) is 1. The van der Waals surface area contributed by atoms with E-state index in [-0.39, 0.29) is 24.1 Å². The maximum Gasteiger partial charge on any atom is 0.242 e. The molecule has 1 saturated heterocycles. The molecule has 1 aliphatic heterocycles. The van der Waals surface area contributed by atoms with Crippen molar-refractivity contribution in [2.24, 2.45) is 0 Å². The van der Waals surface area contributed by atoms with Crippen LogP contribution in [0.4, 0.5) is 5.69 Å². The minimum atomic E-state index is -0.245. The Morgan fingerprint density at radius 2 is 1.62 bits per heavy atom. The molecule has 7 heteroatoms. The second-order valence-corrected chi connectivity index (χ2v) is 5.73. The lowest BCUT2D eigenvalue weighted by atomic mass is 10.1. The van der Waals surface area contributed by atoms with Gasteiger partial charge in [-0.2, -0.15) is 0 Å². The molecule has 128 valence electrons. The molecule has 2 rings (SSSR count). The lowest BCUT2D eigenvalue weighted by Gasteiger charge is -2.34. The van der Waals surface area contributed by atoms with Gasteiger partial charge in [0.2, 0.25) is 18.2 Å². The van der Waals surface area contributed by atoms with E-state index < -0.39 is 0 Å². The predicted octanol–water partition coefficient (Wildman–Crippen LogP) is 0.543. The van der Waals surface area contributed by atoms with Crippen molar-refractivity contribution in [3.05, 3.63) is 29.8 Å². The van der Waals surface area contributed by atoms with Crippen LogP contribution in [0.1, 0.15) is 24.2 Å². The molecule has 3 amide bonds. The van der Waals surface area contributed by atoms with Gasteiger partial charge in [-0.25, -0.2) is 0 Å². The first-order chi connectivity index (χ1) is 11.4. The molecule has 0 N–H and O–H groups in total. The van der Waals surface area contributed by atoms with Crippen molar-refractivity contribution in [1.29, 1.82) is 0 Å². The van der Waals surface area contributed by atoms with Crippen LogP contribution in [0.3, 0.4) is 0 Å². The van der Waals surface area contributed by atoms with Gasteiger partial charge in [0, 0.05) is 44.4 Å². The normalized spacial score (nSPS) is 14.2. The number of amides is 3. The van der Waals surface area contributed by atoms with E-state index in [4.69, 9.17) is 0 Å². The van der Waals surface area contributed by atoms with Crippen LogP contribution < -0.4 is 4.90 Å². The highest BCUT2D eigenvalue weighted by molar-refractivity contribution is 5.98. The van der Waals surface area contributed by atoms with E-state index in [0.29, 0.717) is 37.4 Å². The third kappa shape index (κ3) is 4.18. The first kappa shape index (κ1) is 17.7. The first-order valence-corrected chi connectivity index (χ1v) is 7.78. The summed E-state index contributed by atoms with van der Waals surface area (Å²) < 4.78 is 0. The molecule has 1 aliphatic rings. The number of hydrogen-bond acceptors (Lipinski definition) is 4. The summed E-state index contributed by atoms with van der Waals surface area (Å²) in [5.74, 6) is -0.461. The van der Waals surface area contributed by atoms with Crippen LogP contribution >= 0.6 is 0 Å². The maximum absolute atomic E-state index is 12.4. The van der Waals surface area contributed by atoms with Gasteiger partial charge >= 0.3 is 0 Å². The fourth-order valence-electron chi connectivity index (χ4n) is 2.57. The van der Waals surface area contributed by atoms with Gasteiger partial charge in [-0.1, -0.05) is 0 Å². The summed E-state index contributed by atoms with van der Waals surface area (Å²) in [4.78, 5) is 51.0. The smallest absolute Gasteiger partial charge is 0.242 e. The SMILES string of the molecule is CC(=O)c1ccc(N(CC(=O)N2CCN(C=O)CC2)C(C)=O)cc1. The van der Waals surface area contributed by atoms with E-state index in [2.05, 4.69) is 0 Å². The van der Waals surface area contributed by atoms with Crippen molar-refractivity contribution in [2.75, 3.05) is 37.6 Å². The third-order valence-electron chi connectivity index (χ3n) is 4.08. The largest absolute Gasteiger partial charge is 0.342 e. The fraction of sp³-hybridized carbons (Fsp3) is 0.412. The fourth-order valence-corrected chi connectivity index (χ4v) is 2.57. The Hall–Kier alpha value is -2.70. The molecule has 1 aromatic rings. The van der Waals surface area contributed by atoms with Crippen LogP contribution in [0.15, 0.2) is 24.3 Å². The van der Waals surface area contributed by atoms with E-state index >= 15 is 0 Å². The molecule has 24 heavy (non-hydrogen) atoms. The summed E-state index contributed by atoms with van der Waals surface area (Å²) in [6.07, 6.45) is 0.778. The molecule has 0 atom stereocenters. The standard InChI is InChI=1S/C17H21N3O4/c1-13(22)15-3-5-16(6-4-15)20(14(2)23)11-17(24)19-9-7-18(12-21)8-10-19/h3-6,12H,7-11H2,1-2H3. The van der Waals surface area contributed by atoms with Crippen molar-refractivity contribution >= 4 is 29.7 Å². The van der Waals surface area contributed by atoms with Gasteiger partial charge in [-0.05, 0) is 31.2 Å². The maximum atomic E-state index is 12.4. The van der Waals surface area contributed by atoms with Gasteiger partial charge in [-0.3, -0.25) is 19.2 Å². The molecular weight excluding hydrogens is 310 g/mol. The molecule has 1 aromatic carbocycles. The van der Waals surface area contributed by atoms with Crippen molar-refractivity contribution in [1.82, 2.24) is 9.80 Å². The molecule has 7 nitrogen and oxygen atoms in total. The van der Waals surface area contributed by atoms with Crippen LogP contribution in [0.2, 0.25) is 0 Å². The van der Waals surface area contributed by atoms with E-state index in [0.717, 1.165) is 6.41 Å². The second kappa shape index (κ2) is 7.72. The van der Waals surface area contributed by atoms with E-state index in [9.17, 15) is 19.2 Å². The van der Waals surface area contributed by atoms with Crippen LogP contribution in [-0.4, -0.2) is 66.5 Å². The highest BCUT2D eigenvalue weighted by atomic mass is 16.2. The summed E-state index contributed by atoms with van der Waals surface area (Å²) >= 11 is 0. The molecule has 0 radical (unpaired) electrons. The quantitative estimate of drug-likeness (QED) is 0.583. The minimum absolute atomic E-state index is 0.0555. The van der Waals surface area contributed by atoms with Gasteiger partial charge in [0.1, 0.15) is 6.54 Å². The van der Waals surface area contributed by atoms with E-state index in [1.165, 1.54) is 18.7 Å². The molecule has 0 spiro atoms. The summed E-state index contributed by atoms with van der Waals surface area (Å²) in [6.45, 7) is 4.75. The zero-order valence-corrected chi connectivity index (χ0v) is 13.9. The van der Waals surface area contributed by atoms with Gasteiger partial charge in [0.05, 0.1) is 0 Å². The van der Waals surface area contributed by atoms with Crippen molar-refractivity contribution in [3.63, 3.8) is 0 Å². The molecule has 1 heterocycles. The summed E-state index contributed by atoms with van der Waals surface area (Å²) in [5.41, 5.74) is 1.13. The van der Waals surface area contributed by atoms with Gasteiger partial charge in [0.25, 0.3) is 0 Å². The molecule has 1 fully saturated rings. The summed E-state index contributed by atoms with van der Waals surface area (Å²) in [5, 5.41) is 0. The Bertz CT molecular complexity index is 634. The number of piperazine rings is 1. The zero-order chi connectivity index (χ0) is 17.7. The number of carbonyl (C=O) groups excluding carboxylic acids is 4. The van der Waals surface area contributed by atoms with Gasteiger partial charge in [-0.15, -0.1) is 0 Å². The zero-order valence-electron chi connectivity index (χ0n) is 13.9. The Balaban J connectivity index is 2.05. The van der Waals surface area contributed by atoms with Crippen LogP contribution in [0.5, 0.6) is 0 Å². The molecular formula is C17H21N3O4. The Kier molecular flexibility index (Phi) is 5.68. The number of benzene rings is 1. The van der Waals surface area contributed by atoms with E-state index in [1.807, 2.05) is 0 Å². The lowest BCUT2D eigenvalue weighted by molar-refractivity contribution is -0.134. The third-order valence-corrected chi connectivity index (χ3v) is 4.08. The van der Waals surface area contributed by atoms with Crippen molar-refractivity contribution < 1.29 is 19.2 Å². The average Bonchev–Trinajstić information content (AvgIpc) is 2.59. The topological polar surface area (TPSA) is 78.0 Å². The molecule has 0 bridgehead atoms. The summed E-state index contributed by atoms with van der Waals surface area (Å²) in [7, 11) is 0. The highest BCUT2D eigenvalue weighted by Crippen LogP contribution is 2.16. The van der Waals surface area contributed by atoms with Crippen LogP contribution in [-0.2, 0) is 14.4 Å². The minimum Gasteiger partial charge on any atom is -0.342 e. The Labute approximate surface area is 140 Å². The van der Waals surface area contributed by atoms with Gasteiger partial charge < -0.3 is 14.7 Å². The van der Waals surface area contributed by atoms with Crippen LogP contribution in [0, 0.1) is 0 Å². The molecule has 0 aliphatic carbocycles.